The van der Waals surface area contributed by atoms with Crippen molar-refractivity contribution in [1.82, 2.24) is 15.2 Å². The third kappa shape index (κ3) is 5.87. The fourth-order valence-electron chi connectivity index (χ4n) is 3.18. The van der Waals surface area contributed by atoms with E-state index in [4.69, 9.17) is 0 Å². The first kappa shape index (κ1) is 18.9. The molecule has 0 spiro atoms. The molecule has 1 saturated heterocycles. The summed E-state index contributed by atoms with van der Waals surface area (Å²) in [6.45, 7) is 6.83. The second kappa shape index (κ2) is 8.07. The summed E-state index contributed by atoms with van der Waals surface area (Å²) < 4.78 is 22.4. The summed E-state index contributed by atoms with van der Waals surface area (Å²) in [6.07, 6.45) is 4.81. The zero-order chi connectivity index (χ0) is 17.7. The van der Waals surface area contributed by atoms with Crippen LogP contribution in [-0.4, -0.2) is 55.3 Å². The van der Waals surface area contributed by atoms with Gasteiger partial charge in [-0.25, -0.2) is 8.42 Å². The van der Waals surface area contributed by atoms with Gasteiger partial charge in [0.25, 0.3) is 0 Å². The SMILES string of the molecule is CC(C)C1CN(Cc2cccnc2)CC1NC(=O)CCS(C)(=O)=O. The van der Waals surface area contributed by atoms with Crippen LogP contribution in [0, 0.1) is 11.8 Å². The second-order valence-corrected chi connectivity index (χ2v) is 9.28. The lowest BCUT2D eigenvalue weighted by Gasteiger charge is -2.22. The standard InChI is InChI=1S/C17H27N3O3S/c1-13(2)15-11-20(10-14-5-4-7-18-9-14)12-16(15)19-17(21)6-8-24(3,22)23/h4-5,7,9,13,15-16H,6,8,10-12H2,1-3H3,(H,19,21). The lowest BCUT2D eigenvalue weighted by Crippen LogP contribution is -2.42. The maximum absolute atomic E-state index is 12.1. The van der Waals surface area contributed by atoms with Gasteiger partial charge in [0.15, 0.2) is 0 Å². The highest BCUT2D eigenvalue weighted by Crippen LogP contribution is 2.25. The zero-order valence-corrected chi connectivity index (χ0v) is 15.4. The number of sulfone groups is 1. The molecule has 1 fully saturated rings. The monoisotopic (exact) mass is 353 g/mol. The Hall–Kier alpha value is -1.47. The molecule has 24 heavy (non-hydrogen) atoms. The largest absolute Gasteiger partial charge is 0.352 e. The van der Waals surface area contributed by atoms with Crippen LogP contribution in [0.4, 0.5) is 0 Å². The number of hydrogen-bond acceptors (Lipinski definition) is 5. The molecule has 1 aliphatic rings. The highest BCUT2D eigenvalue weighted by molar-refractivity contribution is 7.90. The summed E-state index contributed by atoms with van der Waals surface area (Å²) in [5.74, 6) is 0.532. The van der Waals surface area contributed by atoms with Gasteiger partial charge in [-0.2, -0.15) is 0 Å². The molecule has 2 atom stereocenters. The van der Waals surface area contributed by atoms with Crippen LogP contribution in [0.3, 0.4) is 0 Å². The zero-order valence-electron chi connectivity index (χ0n) is 14.6. The van der Waals surface area contributed by atoms with E-state index in [0.717, 1.165) is 31.5 Å². The van der Waals surface area contributed by atoms with Crippen molar-refractivity contribution in [3.05, 3.63) is 30.1 Å². The number of rotatable bonds is 7. The summed E-state index contributed by atoms with van der Waals surface area (Å²) in [5.41, 5.74) is 1.16. The molecule has 0 saturated carbocycles. The number of nitrogens with one attached hydrogen (secondary N) is 1. The smallest absolute Gasteiger partial charge is 0.221 e. The van der Waals surface area contributed by atoms with E-state index in [2.05, 4.69) is 35.1 Å². The van der Waals surface area contributed by atoms with Gasteiger partial charge >= 0.3 is 0 Å². The number of carbonyl (C=O) groups excluding carboxylic acids is 1. The molecule has 0 bridgehead atoms. The minimum atomic E-state index is -3.11. The molecule has 1 aromatic heterocycles. The number of carbonyl (C=O) groups is 1. The minimum absolute atomic E-state index is 0.0305. The quantitative estimate of drug-likeness (QED) is 0.794. The summed E-state index contributed by atoms with van der Waals surface area (Å²) >= 11 is 0. The van der Waals surface area contributed by atoms with Gasteiger partial charge in [0, 0.05) is 50.7 Å². The Bertz CT molecular complexity index is 646. The van der Waals surface area contributed by atoms with Gasteiger partial charge < -0.3 is 5.32 Å². The van der Waals surface area contributed by atoms with Gasteiger partial charge in [-0.05, 0) is 23.5 Å². The predicted molar refractivity (Wildman–Crippen MR) is 94.1 cm³/mol. The third-order valence-electron chi connectivity index (χ3n) is 4.47. The summed E-state index contributed by atoms with van der Waals surface area (Å²) in [6, 6.07) is 4.04. The van der Waals surface area contributed by atoms with Crippen LogP contribution in [0.5, 0.6) is 0 Å². The van der Waals surface area contributed by atoms with E-state index in [1.807, 2.05) is 12.3 Å². The fourth-order valence-corrected chi connectivity index (χ4v) is 3.73. The molecule has 2 unspecified atom stereocenters. The highest BCUT2D eigenvalue weighted by Gasteiger charge is 2.35. The molecule has 6 nitrogen and oxygen atoms in total. The third-order valence-corrected chi connectivity index (χ3v) is 5.42. The van der Waals surface area contributed by atoms with E-state index < -0.39 is 9.84 Å². The van der Waals surface area contributed by atoms with E-state index in [-0.39, 0.29) is 24.1 Å². The Morgan fingerprint density at radius 2 is 2.17 bits per heavy atom. The van der Waals surface area contributed by atoms with Crippen LogP contribution < -0.4 is 5.32 Å². The first-order valence-electron chi connectivity index (χ1n) is 8.33. The normalized spacial score (nSPS) is 22.0. The number of amides is 1. The molecule has 0 aliphatic carbocycles. The van der Waals surface area contributed by atoms with Crippen molar-refractivity contribution in [3.8, 4) is 0 Å². The van der Waals surface area contributed by atoms with E-state index in [1.54, 1.807) is 6.20 Å². The van der Waals surface area contributed by atoms with E-state index in [0.29, 0.717) is 11.8 Å². The topological polar surface area (TPSA) is 79.4 Å². The fraction of sp³-hybridized carbons (Fsp3) is 0.647. The molecular formula is C17H27N3O3S. The van der Waals surface area contributed by atoms with Gasteiger partial charge in [0.1, 0.15) is 9.84 Å². The van der Waals surface area contributed by atoms with Crippen molar-refractivity contribution in [3.63, 3.8) is 0 Å². The van der Waals surface area contributed by atoms with E-state index in [9.17, 15) is 13.2 Å². The summed E-state index contributed by atoms with van der Waals surface area (Å²) in [7, 11) is -3.11. The van der Waals surface area contributed by atoms with E-state index in [1.165, 1.54) is 0 Å². The van der Waals surface area contributed by atoms with Crippen LogP contribution in [0.15, 0.2) is 24.5 Å². The van der Waals surface area contributed by atoms with Gasteiger partial charge in [0.2, 0.25) is 5.91 Å². The van der Waals surface area contributed by atoms with Crippen LogP contribution in [0.1, 0.15) is 25.8 Å². The second-order valence-electron chi connectivity index (χ2n) is 7.02. The van der Waals surface area contributed by atoms with Crippen molar-refractivity contribution in [2.45, 2.75) is 32.9 Å². The number of hydrogen-bond donors (Lipinski definition) is 1. The Morgan fingerprint density at radius 1 is 1.42 bits per heavy atom. The number of pyridine rings is 1. The molecule has 2 heterocycles. The van der Waals surface area contributed by atoms with Crippen molar-refractivity contribution >= 4 is 15.7 Å². The Labute approximate surface area is 144 Å². The van der Waals surface area contributed by atoms with Gasteiger partial charge in [-0.15, -0.1) is 0 Å². The average molecular weight is 353 g/mol. The molecule has 1 aliphatic heterocycles. The lowest BCUT2D eigenvalue weighted by atomic mass is 9.91. The van der Waals surface area contributed by atoms with Gasteiger partial charge in [0.05, 0.1) is 5.75 Å². The van der Waals surface area contributed by atoms with Crippen LogP contribution in [-0.2, 0) is 21.2 Å². The molecule has 7 heteroatoms. The molecule has 0 radical (unpaired) electrons. The van der Waals surface area contributed by atoms with Crippen molar-refractivity contribution in [2.24, 2.45) is 11.8 Å². The maximum Gasteiger partial charge on any atom is 0.221 e. The minimum Gasteiger partial charge on any atom is -0.352 e. The molecule has 1 aromatic rings. The maximum atomic E-state index is 12.1. The molecule has 2 rings (SSSR count). The Balaban J connectivity index is 1.93. The number of aromatic nitrogens is 1. The lowest BCUT2D eigenvalue weighted by molar-refractivity contribution is -0.121. The van der Waals surface area contributed by atoms with Gasteiger partial charge in [-0.3, -0.25) is 14.7 Å². The Morgan fingerprint density at radius 3 is 2.75 bits per heavy atom. The molecule has 0 aromatic carbocycles. The van der Waals surface area contributed by atoms with Gasteiger partial charge in [-0.1, -0.05) is 19.9 Å². The molecule has 1 amide bonds. The first-order valence-corrected chi connectivity index (χ1v) is 10.4. The van der Waals surface area contributed by atoms with Crippen molar-refractivity contribution < 1.29 is 13.2 Å². The highest BCUT2D eigenvalue weighted by atomic mass is 32.2. The molecule has 134 valence electrons. The molecule has 1 N–H and O–H groups in total. The molecular weight excluding hydrogens is 326 g/mol. The van der Waals surface area contributed by atoms with Crippen molar-refractivity contribution in [1.29, 1.82) is 0 Å². The van der Waals surface area contributed by atoms with E-state index >= 15 is 0 Å². The van der Waals surface area contributed by atoms with Crippen molar-refractivity contribution in [2.75, 3.05) is 25.1 Å². The van der Waals surface area contributed by atoms with Crippen LogP contribution in [0.25, 0.3) is 0 Å². The average Bonchev–Trinajstić information content (AvgIpc) is 2.88. The summed E-state index contributed by atoms with van der Waals surface area (Å²) in [4.78, 5) is 18.5. The number of likely N-dealkylation sites (tertiary alicyclic amines) is 1. The predicted octanol–water partition coefficient (Wildman–Crippen LogP) is 1.09. The summed E-state index contributed by atoms with van der Waals surface area (Å²) in [5, 5.41) is 3.04. The van der Waals surface area contributed by atoms with Crippen LogP contribution >= 0.6 is 0 Å². The number of nitrogens with zero attached hydrogens (tertiary/aromatic N) is 2. The first-order chi connectivity index (χ1) is 11.2. The Kier molecular flexibility index (Phi) is 6.34. The van der Waals surface area contributed by atoms with Crippen LogP contribution in [0.2, 0.25) is 0 Å².